The summed E-state index contributed by atoms with van der Waals surface area (Å²) < 4.78 is 19.9. The number of hydrogen-bond acceptors (Lipinski definition) is 3. The number of carbonyl (C=O) groups excluding carboxylic acids is 1. The number of halogens is 1. The van der Waals surface area contributed by atoms with Crippen LogP contribution in [-0.2, 0) is 12.8 Å². The normalized spacial score (nSPS) is 10.7. The standard InChI is InChI=1S/C21H20FNO3/c1-14-11-17(12-15(2)20(14)24)8-7-16-9-10-23(13-16)21(25)26-19-6-4-3-5-18(19)22/h3-6,9-13,24H,7-8H2,1-2H3. The summed E-state index contributed by atoms with van der Waals surface area (Å²) in [6.07, 6.45) is 4.16. The highest BCUT2D eigenvalue weighted by Gasteiger charge is 2.11. The van der Waals surface area contributed by atoms with Crippen molar-refractivity contribution in [2.45, 2.75) is 26.7 Å². The highest BCUT2D eigenvalue weighted by molar-refractivity contribution is 5.73. The molecule has 0 atom stereocenters. The fraction of sp³-hybridized carbons (Fsp3) is 0.190. The van der Waals surface area contributed by atoms with Crippen molar-refractivity contribution in [1.29, 1.82) is 0 Å². The van der Waals surface area contributed by atoms with Crippen molar-refractivity contribution >= 4 is 6.09 Å². The van der Waals surface area contributed by atoms with E-state index < -0.39 is 11.9 Å². The fourth-order valence-corrected chi connectivity index (χ4v) is 2.86. The molecule has 3 aromatic rings. The quantitative estimate of drug-likeness (QED) is 0.734. The average molecular weight is 353 g/mol. The molecule has 1 N–H and O–H groups in total. The number of benzene rings is 2. The van der Waals surface area contributed by atoms with E-state index in [1.807, 2.05) is 32.0 Å². The number of aromatic nitrogens is 1. The summed E-state index contributed by atoms with van der Waals surface area (Å²) in [5.74, 6) is -0.343. The van der Waals surface area contributed by atoms with E-state index in [4.69, 9.17) is 4.74 Å². The van der Waals surface area contributed by atoms with Crippen molar-refractivity contribution in [3.05, 3.63) is 82.9 Å². The van der Waals surface area contributed by atoms with Gasteiger partial charge in [-0.25, -0.2) is 9.18 Å². The summed E-state index contributed by atoms with van der Waals surface area (Å²) in [4.78, 5) is 12.1. The molecule has 0 spiro atoms. The number of para-hydroxylation sites is 1. The molecule has 26 heavy (non-hydrogen) atoms. The van der Waals surface area contributed by atoms with Crippen LogP contribution in [0, 0.1) is 19.7 Å². The topological polar surface area (TPSA) is 51.5 Å². The zero-order valence-corrected chi connectivity index (χ0v) is 14.7. The number of rotatable bonds is 4. The SMILES string of the molecule is Cc1cc(CCc2ccn(C(=O)Oc3ccccc3F)c2)cc(C)c1O. The zero-order chi connectivity index (χ0) is 18.7. The summed E-state index contributed by atoms with van der Waals surface area (Å²) in [6.45, 7) is 3.75. The maximum Gasteiger partial charge on any atom is 0.423 e. The Kier molecular flexibility index (Phi) is 5.07. The first-order valence-corrected chi connectivity index (χ1v) is 8.36. The second-order valence-electron chi connectivity index (χ2n) is 6.30. The van der Waals surface area contributed by atoms with Crippen LogP contribution < -0.4 is 4.74 Å². The van der Waals surface area contributed by atoms with Gasteiger partial charge in [0, 0.05) is 12.4 Å². The molecule has 0 saturated heterocycles. The van der Waals surface area contributed by atoms with Gasteiger partial charge in [-0.3, -0.25) is 4.57 Å². The summed E-state index contributed by atoms with van der Waals surface area (Å²) in [5, 5.41) is 9.84. The first-order chi connectivity index (χ1) is 12.4. The number of ether oxygens (including phenoxy) is 1. The molecule has 4 nitrogen and oxygen atoms in total. The summed E-state index contributed by atoms with van der Waals surface area (Å²) >= 11 is 0. The van der Waals surface area contributed by atoms with Gasteiger partial charge in [0.2, 0.25) is 0 Å². The minimum absolute atomic E-state index is 0.0946. The van der Waals surface area contributed by atoms with Crippen LogP contribution in [0.2, 0.25) is 0 Å². The number of phenols is 1. The molecule has 2 aromatic carbocycles. The Morgan fingerprint density at radius 3 is 2.42 bits per heavy atom. The van der Waals surface area contributed by atoms with Crippen LogP contribution in [0.1, 0.15) is 22.3 Å². The van der Waals surface area contributed by atoms with Crippen LogP contribution in [-0.4, -0.2) is 15.8 Å². The Bertz CT molecular complexity index is 923. The molecule has 0 aliphatic heterocycles. The van der Waals surface area contributed by atoms with Crippen LogP contribution in [0.15, 0.2) is 54.9 Å². The summed E-state index contributed by atoms with van der Waals surface area (Å²) in [7, 11) is 0. The van der Waals surface area contributed by atoms with E-state index in [2.05, 4.69) is 0 Å². The fourth-order valence-electron chi connectivity index (χ4n) is 2.86. The predicted octanol–water partition coefficient (Wildman–Crippen LogP) is 4.78. The number of carbonyl (C=O) groups is 1. The second kappa shape index (κ2) is 7.44. The molecule has 0 fully saturated rings. The van der Waals surface area contributed by atoms with Gasteiger partial charge in [-0.1, -0.05) is 24.3 Å². The first-order valence-electron chi connectivity index (χ1n) is 8.36. The molecule has 5 heteroatoms. The minimum Gasteiger partial charge on any atom is -0.507 e. The molecule has 134 valence electrons. The van der Waals surface area contributed by atoms with Crippen molar-refractivity contribution < 1.29 is 19.0 Å². The van der Waals surface area contributed by atoms with Crippen LogP contribution in [0.25, 0.3) is 0 Å². The second-order valence-corrected chi connectivity index (χ2v) is 6.30. The van der Waals surface area contributed by atoms with Crippen molar-refractivity contribution in [3.8, 4) is 11.5 Å². The van der Waals surface area contributed by atoms with E-state index in [9.17, 15) is 14.3 Å². The molecule has 1 heterocycles. The van der Waals surface area contributed by atoms with Crippen LogP contribution >= 0.6 is 0 Å². The Morgan fingerprint density at radius 2 is 1.73 bits per heavy atom. The molecule has 3 rings (SSSR count). The zero-order valence-electron chi connectivity index (χ0n) is 14.7. The average Bonchev–Trinajstić information content (AvgIpc) is 3.09. The minimum atomic E-state index is -0.655. The van der Waals surface area contributed by atoms with Crippen LogP contribution in [0.5, 0.6) is 11.5 Å². The van der Waals surface area contributed by atoms with Crippen LogP contribution in [0.4, 0.5) is 9.18 Å². The van der Waals surface area contributed by atoms with Crippen LogP contribution in [0.3, 0.4) is 0 Å². The third kappa shape index (κ3) is 3.94. The van der Waals surface area contributed by atoms with Crippen molar-refractivity contribution in [2.75, 3.05) is 0 Å². The monoisotopic (exact) mass is 353 g/mol. The van der Waals surface area contributed by atoms with E-state index in [1.165, 1.54) is 22.8 Å². The Hall–Kier alpha value is -3.08. The third-order valence-electron chi connectivity index (χ3n) is 4.25. The highest BCUT2D eigenvalue weighted by Crippen LogP contribution is 2.24. The molecule has 0 radical (unpaired) electrons. The molecule has 0 aliphatic rings. The maximum atomic E-state index is 13.6. The van der Waals surface area contributed by atoms with Gasteiger partial charge < -0.3 is 9.84 Å². The summed E-state index contributed by atoms with van der Waals surface area (Å²) in [5.41, 5.74) is 3.80. The molecule has 0 amide bonds. The van der Waals surface area contributed by atoms with E-state index in [0.717, 1.165) is 35.1 Å². The first kappa shape index (κ1) is 17.7. The Morgan fingerprint density at radius 1 is 1.08 bits per heavy atom. The maximum absolute atomic E-state index is 13.6. The van der Waals surface area contributed by atoms with Gasteiger partial charge in [0.05, 0.1) is 0 Å². The molecule has 0 unspecified atom stereocenters. The predicted molar refractivity (Wildman–Crippen MR) is 97.2 cm³/mol. The summed E-state index contributed by atoms with van der Waals surface area (Å²) in [6, 6.07) is 11.6. The lowest BCUT2D eigenvalue weighted by molar-refractivity contribution is 0.200. The lowest BCUT2D eigenvalue weighted by Gasteiger charge is -2.07. The smallest absolute Gasteiger partial charge is 0.423 e. The molecular weight excluding hydrogens is 333 g/mol. The lowest BCUT2D eigenvalue weighted by Crippen LogP contribution is -2.15. The molecule has 1 aromatic heterocycles. The molecular formula is C21H20FNO3. The molecule has 0 saturated carbocycles. The molecule has 0 bridgehead atoms. The van der Waals surface area contributed by atoms with Crippen molar-refractivity contribution in [3.63, 3.8) is 0 Å². The van der Waals surface area contributed by atoms with Gasteiger partial charge >= 0.3 is 6.09 Å². The van der Waals surface area contributed by atoms with E-state index in [0.29, 0.717) is 5.75 Å². The largest absolute Gasteiger partial charge is 0.507 e. The third-order valence-corrected chi connectivity index (χ3v) is 4.25. The van der Waals surface area contributed by atoms with Gasteiger partial charge in [-0.05, 0) is 67.1 Å². The molecule has 0 aliphatic carbocycles. The Balaban J connectivity index is 1.64. The lowest BCUT2D eigenvalue weighted by atomic mass is 10.0. The highest BCUT2D eigenvalue weighted by atomic mass is 19.1. The number of nitrogens with zero attached hydrogens (tertiary/aromatic N) is 1. The van der Waals surface area contributed by atoms with Gasteiger partial charge in [0.15, 0.2) is 11.6 Å². The van der Waals surface area contributed by atoms with Crippen molar-refractivity contribution in [1.82, 2.24) is 4.57 Å². The number of aryl methyl sites for hydroxylation is 4. The van der Waals surface area contributed by atoms with Gasteiger partial charge in [-0.15, -0.1) is 0 Å². The van der Waals surface area contributed by atoms with E-state index in [-0.39, 0.29) is 5.75 Å². The van der Waals surface area contributed by atoms with E-state index >= 15 is 0 Å². The number of phenolic OH excluding ortho intramolecular Hbond substituents is 1. The van der Waals surface area contributed by atoms with E-state index in [1.54, 1.807) is 18.5 Å². The van der Waals surface area contributed by atoms with Gasteiger partial charge in [0.1, 0.15) is 5.75 Å². The van der Waals surface area contributed by atoms with Crippen molar-refractivity contribution in [2.24, 2.45) is 0 Å². The Labute approximate surface area is 151 Å². The number of aromatic hydroxyl groups is 1. The van der Waals surface area contributed by atoms with Gasteiger partial charge in [-0.2, -0.15) is 0 Å². The number of hydrogen-bond donors (Lipinski definition) is 1. The van der Waals surface area contributed by atoms with Gasteiger partial charge in [0.25, 0.3) is 0 Å².